The van der Waals surface area contributed by atoms with E-state index in [0.717, 1.165) is 0 Å². The van der Waals surface area contributed by atoms with Crippen LogP contribution in [-0.2, 0) is 0 Å². The van der Waals surface area contributed by atoms with Gasteiger partial charge in [0.15, 0.2) is 0 Å². The molecule has 1 heterocycles. The van der Waals surface area contributed by atoms with Crippen molar-refractivity contribution in [2.24, 2.45) is 11.8 Å². The van der Waals surface area contributed by atoms with Crippen molar-refractivity contribution in [3.63, 3.8) is 0 Å². The molecule has 2 atom stereocenters. The Morgan fingerprint density at radius 2 is 1.62 bits per heavy atom. The minimum Gasteiger partial charge on any atom is -0.295 e. The lowest BCUT2D eigenvalue weighted by molar-refractivity contribution is -0.171. The Bertz CT molecular complexity index is 240. The van der Waals surface area contributed by atoms with Gasteiger partial charge in [0.1, 0.15) is 0 Å². The molecule has 1 fully saturated rings. The fraction of sp³-hybridized carbons (Fsp3) is 1.00. The van der Waals surface area contributed by atoms with E-state index in [2.05, 4.69) is 0 Å². The number of likely N-dealkylation sites (tertiary alicyclic amines) is 1. The van der Waals surface area contributed by atoms with Crippen molar-refractivity contribution in [2.75, 3.05) is 6.54 Å². The molecule has 0 aromatic rings. The highest BCUT2D eigenvalue weighted by molar-refractivity contribution is 4.95. The maximum Gasteiger partial charge on any atom is 0.393 e. The third-order valence-electron chi connectivity index (χ3n) is 3.44. The Morgan fingerprint density at radius 3 is 1.88 bits per heavy atom. The molecule has 0 radical (unpaired) electrons. The first kappa shape index (κ1) is 13.8. The van der Waals surface area contributed by atoms with Crippen LogP contribution in [0.15, 0.2) is 0 Å². The Hall–Kier alpha value is -0.250. The number of rotatable bonds is 1. The molecule has 0 amide bonds. The Balaban J connectivity index is 2.85. The van der Waals surface area contributed by atoms with Gasteiger partial charge in [0.2, 0.25) is 0 Å². The topological polar surface area (TPSA) is 3.24 Å². The van der Waals surface area contributed by atoms with Crippen molar-refractivity contribution in [3.8, 4) is 0 Å². The predicted molar refractivity (Wildman–Crippen MR) is 59.2 cm³/mol. The largest absolute Gasteiger partial charge is 0.393 e. The van der Waals surface area contributed by atoms with E-state index in [4.69, 9.17) is 0 Å². The Labute approximate surface area is 96.0 Å². The summed E-state index contributed by atoms with van der Waals surface area (Å²) >= 11 is 0. The summed E-state index contributed by atoms with van der Waals surface area (Å²) in [4.78, 5) is 2.01. The fourth-order valence-corrected chi connectivity index (χ4v) is 2.51. The maximum absolute atomic E-state index is 12.7. The molecule has 0 aliphatic carbocycles. The predicted octanol–water partition coefficient (Wildman–Crippen LogP) is 3.69. The summed E-state index contributed by atoms with van der Waals surface area (Å²) in [6, 6.07) is 0.0478. The summed E-state index contributed by atoms with van der Waals surface area (Å²) < 4.78 is 38.2. The molecule has 0 saturated carbocycles. The number of nitrogens with zero attached hydrogens (tertiary/aromatic N) is 1. The monoisotopic (exact) mass is 237 g/mol. The van der Waals surface area contributed by atoms with Crippen molar-refractivity contribution < 1.29 is 13.2 Å². The van der Waals surface area contributed by atoms with E-state index >= 15 is 0 Å². The van der Waals surface area contributed by atoms with Gasteiger partial charge < -0.3 is 0 Å². The van der Waals surface area contributed by atoms with E-state index in [-0.39, 0.29) is 30.5 Å². The molecular weight excluding hydrogens is 215 g/mol. The highest BCUT2D eigenvalue weighted by Crippen LogP contribution is 2.41. The second-order valence-electron chi connectivity index (χ2n) is 6.11. The van der Waals surface area contributed by atoms with Gasteiger partial charge in [0.05, 0.1) is 5.92 Å². The van der Waals surface area contributed by atoms with Crippen molar-refractivity contribution in [1.82, 2.24) is 4.90 Å². The van der Waals surface area contributed by atoms with E-state index in [9.17, 15) is 13.2 Å². The van der Waals surface area contributed by atoms with Gasteiger partial charge in [-0.15, -0.1) is 0 Å². The fourth-order valence-electron chi connectivity index (χ4n) is 2.51. The van der Waals surface area contributed by atoms with Crippen LogP contribution in [0.2, 0.25) is 0 Å². The van der Waals surface area contributed by atoms with Gasteiger partial charge >= 0.3 is 6.18 Å². The summed E-state index contributed by atoms with van der Waals surface area (Å²) in [5.41, 5.74) is -0.186. The van der Waals surface area contributed by atoms with Gasteiger partial charge in [0, 0.05) is 18.1 Å². The Kier molecular flexibility index (Phi) is 3.63. The van der Waals surface area contributed by atoms with Crippen LogP contribution in [0.25, 0.3) is 0 Å². The smallest absolute Gasteiger partial charge is 0.295 e. The number of hydrogen-bond donors (Lipinski definition) is 0. The van der Waals surface area contributed by atoms with Crippen LogP contribution in [0.3, 0.4) is 0 Å². The first-order valence-corrected chi connectivity index (χ1v) is 5.87. The molecule has 1 aliphatic rings. The van der Waals surface area contributed by atoms with E-state index in [1.54, 1.807) is 0 Å². The molecule has 1 nitrogen and oxygen atoms in total. The van der Waals surface area contributed by atoms with Gasteiger partial charge in [-0.1, -0.05) is 13.8 Å². The molecule has 0 N–H and O–H groups in total. The van der Waals surface area contributed by atoms with Gasteiger partial charge in [-0.2, -0.15) is 13.2 Å². The van der Waals surface area contributed by atoms with Gasteiger partial charge in [-0.25, -0.2) is 0 Å². The number of halogens is 3. The average Bonchev–Trinajstić information content (AvgIpc) is 2.44. The molecule has 1 rings (SSSR count). The zero-order valence-corrected chi connectivity index (χ0v) is 10.7. The SMILES string of the molecule is CC(C)C1CC(C(F)(F)F)CN1C(C)(C)C. The maximum atomic E-state index is 12.7. The molecule has 1 saturated heterocycles. The molecular formula is C12H22F3N. The van der Waals surface area contributed by atoms with Gasteiger partial charge in [0.25, 0.3) is 0 Å². The lowest BCUT2D eigenvalue weighted by Gasteiger charge is -2.38. The molecule has 2 unspecified atom stereocenters. The standard InChI is InChI=1S/C12H22F3N/c1-8(2)10-6-9(12(13,14)15)7-16(10)11(3,4)5/h8-10H,6-7H2,1-5H3. The van der Waals surface area contributed by atoms with E-state index in [1.165, 1.54) is 0 Å². The van der Waals surface area contributed by atoms with Gasteiger partial charge in [-0.05, 0) is 33.1 Å². The zero-order chi connectivity index (χ0) is 12.7. The van der Waals surface area contributed by atoms with Crippen molar-refractivity contribution >= 4 is 0 Å². The lowest BCUT2D eigenvalue weighted by atomic mass is 9.95. The molecule has 96 valence electrons. The highest BCUT2D eigenvalue weighted by Gasteiger charge is 2.50. The van der Waals surface area contributed by atoms with Crippen LogP contribution < -0.4 is 0 Å². The average molecular weight is 237 g/mol. The summed E-state index contributed by atoms with van der Waals surface area (Å²) in [6.07, 6.45) is -3.80. The Morgan fingerprint density at radius 1 is 1.12 bits per heavy atom. The molecule has 1 aliphatic heterocycles. The third-order valence-corrected chi connectivity index (χ3v) is 3.44. The summed E-state index contributed by atoms with van der Waals surface area (Å²) in [5, 5.41) is 0. The third kappa shape index (κ3) is 2.90. The van der Waals surface area contributed by atoms with Crippen LogP contribution >= 0.6 is 0 Å². The number of alkyl halides is 3. The molecule has 0 bridgehead atoms. The minimum absolute atomic E-state index is 0.0478. The normalized spacial score (nSPS) is 29.1. The first-order chi connectivity index (χ1) is 7.03. The molecule has 0 aromatic carbocycles. The molecule has 0 spiro atoms. The van der Waals surface area contributed by atoms with E-state index < -0.39 is 12.1 Å². The van der Waals surface area contributed by atoms with Crippen molar-refractivity contribution in [3.05, 3.63) is 0 Å². The minimum atomic E-state index is -4.05. The van der Waals surface area contributed by atoms with Crippen LogP contribution in [0.4, 0.5) is 13.2 Å². The summed E-state index contributed by atoms with van der Waals surface area (Å²) in [5.74, 6) is -0.884. The molecule has 16 heavy (non-hydrogen) atoms. The van der Waals surface area contributed by atoms with Crippen LogP contribution in [0, 0.1) is 11.8 Å². The van der Waals surface area contributed by atoms with Crippen LogP contribution in [0.5, 0.6) is 0 Å². The quantitative estimate of drug-likeness (QED) is 0.672. The van der Waals surface area contributed by atoms with Crippen molar-refractivity contribution in [2.45, 2.75) is 58.8 Å². The second-order valence-corrected chi connectivity index (χ2v) is 6.11. The lowest BCUT2D eigenvalue weighted by Crippen LogP contribution is -2.46. The zero-order valence-electron chi connectivity index (χ0n) is 10.7. The summed E-state index contributed by atoms with van der Waals surface area (Å²) in [7, 11) is 0. The van der Waals surface area contributed by atoms with Crippen LogP contribution in [-0.4, -0.2) is 29.2 Å². The van der Waals surface area contributed by atoms with Gasteiger partial charge in [-0.3, -0.25) is 4.90 Å². The van der Waals surface area contributed by atoms with E-state index in [0.29, 0.717) is 0 Å². The summed E-state index contributed by atoms with van der Waals surface area (Å²) in [6.45, 7) is 10.1. The molecule has 0 aromatic heterocycles. The first-order valence-electron chi connectivity index (χ1n) is 5.87. The van der Waals surface area contributed by atoms with E-state index in [1.807, 2.05) is 39.5 Å². The van der Waals surface area contributed by atoms with Crippen LogP contribution in [0.1, 0.15) is 41.0 Å². The number of hydrogen-bond acceptors (Lipinski definition) is 1. The van der Waals surface area contributed by atoms with Crippen molar-refractivity contribution in [1.29, 1.82) is 0 Å². The second kappa shape index (κ2) is 4.21. The molecule has 4 heteroatoms. The highest BCUT2D eigenvalue weighted by atomic mass is 19.4.